The number of benzene rings is 2. The molecular weight excluding hydrogens is 272 g/mol. The van der Waals surface area contributed by atoms with Gasteiger partial charge in [-0.05, 0) is 35.2 Å². The van der Waals surface area contributed by atoms with Gasteiger partial charge in [-0.15, -0.1) is 0 Å². The van der Waals surface area contributed by atoms with Gasteiger partial charge in [0.1, 0.15) is 0 Å². The summed E-state index contributed by atoms with van der Waals surface area (Å²) in [6.07, 6.45) is 1.86. The molecule has 2 aromatic carbocycles. The van der Waals surface area contributed by atoms with Crippen LogP contribution in [0.2, 0.25) is 5.02 Å². The molecule has 0 spiro atoms. The second kappa shape index (κ2) is 5.39. The minimum Gasteiger partial charge on any atom is -0.361 e. The Morgan fingerprint density at radius 3 is 2.85 bits per heavy atom. The predicted molar refractivity (Wildman–Crippen MR) is 80.9 cm³/mol. The summed E-state index contributed by atoms with van der Waals surface area (Å²) in [4.78, 5) is 15.2. The van der Waals surface area contributed by atoms with Crippen LogP contribution in [-0.4, -0.2) is 10.9 Å². The molecule has 4 heteroatoms. The van der Waals surface area contributed by atoms with Crippen LogP contribution in [0.1, 0.15) is 15.9 Å². The molecule has 3 aromatic rings. The topological polar surface area (TPSA) is 44.9 Å². The van der Waals surface area contributed by atoms with Crippen LogP contribution >= 0.6 is 11.6 Å². The highest BCUT2D eigenvalue weighted by Gasteiger charge is 2.07. The van der Waals surface area contributed by atoms with Crippen molar-refractivity contribution in [3.63, 3.8) is 0 Å². The average Bonchev–Trinajstić information content (AvgIpc) is 2.93. The zero-order valence-electron chi connectivity index (χ0n) is 10.7. The molecule has 0 unspecified atom stereocenters. The minimum absolute atomic E-state index is 0.110. The van der Waals surface area contributed by atoms with Gasteiger partial charge in [0.25, 0.3) is 5.91 Å². The fourth-order valence-electron chi connectivity index (χ4n) is 2.11. The third kappa shape index (κ3) is 2.53. The lowest BCUT2D eigenvalue weighted by Crippen LogP contribution is -2.22. The van der Waals surface area contributed by atoms with Gasteiger partial charge >= 0.3 is 0 Å². The molecule has 3 nitrogen and oxygen atoms in total. The number of carbonyl (C=O) groups excluding carboxylic acids is 1. The second-order valence-corrected chi connectivity index (χ2v) is 4.96. The molecule has 0 atom stereocenters. The number of rotatable bonds is 3. The van der Waals surface area contributed by atoms with E-state index in [-0.39, 0.29) is 5.91 Å². The maximum absolute atomic E-state index is 12.1. The highest BCUT2D eigenvalue weighted by Crippen LogP contribution is 2.16. The smallest absolute Gasteiger partial charge is 0.251 e. The largest absolute Gasteiger partial charge is 0.361 e. The highest BCUT2D eigenvalue weighted by atomic mass is 35.5. The van der Waals surface area contributed by atoms with E-state index in [0.717, 1.165) is 16.5 Å². The molecule has 1 aromatic heterocycles. The van der Waals surface area contributed by atoms with Gasteiger partial charge in [-0.1, -0.05) is 35.9 Å². The molecule has 0 saturated carbocycles. The summed E-state index contributed by atoms with van der Waals surface area (Å²) in [7, 11) is 0. The van der Waals surface area contributed by atoms with Crippen molar-refractivity contribution in [2.45, 2.75) is 6.54 Å². The predicted octanol–water partition coefficient (Wildman–Crippen LogP) is 3.75. The number of H-pyrrole nitrogens is 1. The van der Waals surface area contributed by atoms with E-state index < -0.39 is 0 Å². The van der Waals surface area contributed by atoms with E-state index in [0.29, 0.717) is 17.1 Å². The van der Waals surface area contributed by atoms with Crippen molar-refractivity contribution in [2.75, 3.05) is 0 Å². The maximum Gasteiger partial charge on any atom is 0.251 e. The van der Waals surface area contributed by atoms with Gasteiger partial charge in [0.05, 0.1) is 0 Å². The summed E-state index contributed by atoms with van der Waals surface area (Å²) >= 11 is 6.06. The zero-order chi connectivity index (χ0) is 13.9. The number of fused-ring (bicyclic) bond motifs is 1. The standard InChI is InChI=1S/C16H13ClN2O/c17-14-4-2-1-3-13(14)10-19-16(20)12-6-5-11-7-8-18-15(11)9-12/h1-9,18H,10H2,(H,19,20). The van der Waals surface area contributed by atoms with Crippen molar-refractivity contribution in [3.05, 3.63) is 70.9 Å². The minimum atomic E-state index is -0.110. The number of nitrogens with one attached hydrogen (secondary N) is 2. The van der Waals surface area contributed by atoms with Crippen molar-refractivity contribution in [1.82, 2.24) is 10.3 Å². The van der Waals surface area contributed by atoms with Crippen LogP contribution < -0.4 is 5.32 Å². The number of amides is 1. The molecule has 1 amide bonds. The van der Waals surface area contributed by atoms with Gasteiger partial charge in [-0.3, -0.25) is 4.79 Å². The van der Waals surface area contributed by atoms with Gasteiger partial charge in [-0.25, -0.2) is 0 Å². The molecule has 2 N–H and O–H groups in total. The van der Waals surface area contributed by atoms with Crippen molar-refractivity contribution < 1.29 is 4.79 Å². The van der Waals surface area contributed by atoms with E-state index in [4.69, 9.17) is 11.6 Å². The SMILES string of the molecule is O=C(NCc1ccccc1Cl)c1ccc2cc[nH]c2c1. The Morgan fingerprint density at radius 2 is 2.00 bits per heavy atom. The number of carbonyl (C=O) groups is 1. The number of hydrogen-bond donors (Lipinski definition) is 2. The normalized spacial score (nSPS) is 10.7. The summed E-state index contributed by atoms with van der Waals surface area (Å²) in [6.45, 7) is 0.418. The van der Waals surface area contributed by atoms with Crippen LogP contribution in [0.15, 0.2) is 54.7 Å². The molecule has 0 fully saturated rings. The number of aromatic nitrogens is 1. The van der Waals surface area contributed by atoms with Crippen LogP contribution in [0.4, 0.5) is 0 Å². The molecular formula is C16H13ClN2O. The van der Waals surface area contributed by atoms with Gasteiger partial charge in [0.15, 0.2) is 0 Å². The first-order valence-electron chi connectivity index (χ1n) is 6.33. The van der Waals surface area contributed by atoms with Crippen LogP contribution in [0, 0.1) is 0 Å². The fraction of sp³-hybridized carbons (Fsp3) is 0.0625. The summed E-state index contributed by atoms with van der Waals surface area (Å²) < 4.78 is 0. The van der Waals surface area contributed by atoms with Crippen LogP contribution in [-0.2, 0) is 6.54 Å². The van der Waals surface area contributed by atoms with Crippen molar-refractivity contribution in [1.29, 1.82) is 0 Å². The van der Waals surface area contributed by atoms with E-state index in [1.807, 2.05) is 54.7 Å². The van der Waals surface area contributed by atoms with E-state index in [2.05, 4.69) is 10.3 Å². The first-order chi connectivity index (χ1) is 9.74. The van der Waals surface area contributed by atoms with E-state index in [1.54, 1.807) is 0 Å². The van der Waals surface area contributed by atoms with Crippen molar-refractivity contribution in [2.24, 2.45) is 0 Å². The Morgan fingerprint density at radius 1 is 1.15 bits per heavy atom. The van der Waals surface area contributed by atoms with Crippen LogP contribution in [0.25, 0.3) is 10.9 Å². The summed E-state index contributed by atoms with van der Waals surface area (Å²) in [5.74, 6) is -0.110. The number of hydrogen-bond acceptors (Lipinski definition) is 1. The van der Waals surface area contributed by atoms with E-state index in [1.165, 1.54) is 0 Å². The van der Waals surface area contributed by atoms with Gasteiger partial charge in [-0.2, -0.15) is 0 Å². The quantitative estimate of drug-likeness (QED) is 0.756. The van der Waals surface area contributed by atoms with E-state index >= 15 is 0 Å². The lowest BCUT2D eigenvalue weighted by molar-refractivity contribution is 0.0951. The molecule has 100 valence electrons. The third-order valence-electron chi connectivity index (χ3n) is 3.21. The molecule has 0 aliphatic carbocycles. The Bertz CT molecular complexity index is 764. The van der Waals surface area contributed by atoms with Gasteiger partial charge < -0.3 is 10.3 Å². The summed E-state index contributed by atoms with van der Waals surface area (Å²) in [6, 6.07) is 15.0. The number of aromatic amines is 1. The van der Waals surface area contributed by atoms with Crippen LogP contribution in [0.3, 0.4) is 0 Å². The average molecular weight is 285 g/mol. The van der Waals surface area contributed by atoms with Gasteiger partial charge in [0, 0.05) is 28.8 Å². The first-order valence-corrected chi connectivity index (χ1v) is 6.70. The number of halogens is 1. The lowest BCUT2D eigenvalue weighted by Gasteiger charge is -2.07. The fourth-order valence-corrected chi connectivity index (χ4v) is 2.31. The lowest BCUT2D eigenvalue weighted by atomic mass is 10.1. The monoisotopic (exact) mass is 284 g/mol. The summed E-state index contributed by atoms with van der Waals surface area (Å²) in [5.41, 5.74) is 2.49. The molecule has 3 rings (SSSR count). The Kier molecular flexibility index (Phi) is 3.44. The molecule has 0 radical (unpaired) electrons. The molecule has 20 heavy (non-hydrogen) atoms. The Hall–Kier alpha value is -2.26. The first kappa shape index (κ1) is 12.8. The Labute approximate surface area is 121 Å². The third-order valence-corrected chi connectivity index (χ3v) is 3.58. The molecule has 1 heterocycles. The van der Waals surface area contributed by atoms with Crippen molar-refractivity contribution in [3.8, 4) is 0 Å². The molecule has 0 bridgehead atoms. The highest BCUT2D eigenvalue weighted by molar-refractivity contribution is 6.31. The second-order valence-electron chi connectivity index (χ2n) is 4.55. The van der Waals surface area contributed by atoms with E-state index in [9.17, 15) is 4.79 Å². The van der Waals surface area contributed by atoms with Crippen molar-refractivity contribution >= 4 is 28.4 Å². The van der Waals surface area contributed by atoms with Crippen LogP contribution in [0.5, 0.6) is 0 Å². The zero-order valence-corrected chi connectivity index (χ0v) is 11.4. The molecule has 0 aliphatic heterocycles. The maximum atomic E-state index is 12.1. The molecule has 0 saturated heterocycles. The summed E-state index contributed by atoms with van der Waals surface area (Å²) in [5, 5.41) is 4.63. The Balaban J connectivity index is 1.74. The molecule has 0 aliphatic rings. The van der Waals surface area contributed by atoms with Gasteiger partial charge in [0.2, 0.25) is 0 Å².